The van der Waals surface area contributed by atoms with Gasteiger partial charge in [-0.1, -0.05) is 19.1 Å². The molecule has 2 N–H and O–H groups in total. The molecule has 6 heteroatoms. The first-order chi connectivity index (χ1) is 11.0. The van der Waals surface area contributed by atoms with Gasteiger partial charge >= 0.3 is 0 Å². The van der Waals surface area contributed by atoms with Crippen LogP contribution in [0, 0.1) is 12.8 Å². The van der Waals surface area contributed by atoms with Crippen LogP contribution in [0.1, 0.15) is 35.0 Å². The molecule has 1 aromatic heterocycles. The number of anilines is 1. The van der Waals surface area contributed by atoms with Gasteiger partial charge in [0.1, 0.15) is 0 Å². The van der Waals surface area contributed by atoms with Crippen LogP contribution in [-0.4, -0.2) is 17.5 Å². The first-order valence-corrected chi connectivity index (χ1v) is 7.37. The highest BCUT2D eigenvalue weighted by molar-refractivity contribution is 6.06. The van der Waals surface area contributed by atoms with Crippen molar-refractivity contribution in [1.29, 1.82) is 0 Å². The standard InChI is InChI=1S/C17H17N3O3/c1-10-7-8-23-16(10)17(22)18-13-5-3-12(4-6-13)15-11(2)9-14(21)19-20-15/h3-8,11H,9H2,1-2H3,(H,18,22)(H,19,21). The predicted octanol–water partition coefficient (Wildman–Crippen LogP) is 2.70. The van der Waals surface area contributed by atoms with E-state index < -0.39 is 0 Å². The Balaban J connectivity index is 1.74. The fourth-order valence-corrected chi connectivity index (χ4v) is 2.52. The minimum atomic E-state index is -0.282. The van der Waals surface area contributed by atoms with E-state index in [4.69, 9.17) is 4.42 Å². The zero-order valence-corrected chi connectivity index (χ0v) is 12.9. The van der Waals surface area contributed by atoms with Crippen LogP contribution >= 0.6 is 0 Å². The highest BCUT2D eigenvalue weighted by atomic mass is 16.3. The summed E-state index contributed by atoms with van der Waals surface area (Å²) in [6, 6.07) is 9.10. The fourth-order valence-electron chi connectivity index (χ4n) is 2.52. The molecule has 1 aromatic carbocycles. The lowest BCUT2D eigenvalue weighted by Crippen LogP contribution is -2.31. The lowest BCUT2D eigenvalue weighted by molar-refractivity contribution is -0.121. The highest BCUT2D eigenvalue weighted by Gasteiger charge is 2.21. The zero-order valence-electron chi connectivity index (χ0n) is 12.9. The van der Waals surface area contributed by atoms with Crippen LogP contribution in [0.4, 0.5) is 5.69 Å². The van der Waals surface area contributed by atoms with E-state index >= 15 is 0 Å². The van der Waals surface area contributed by atoms with E-state index in [1.165, 1.54) is 6.26 Å². The molecule has 1 atom stereocenters. The quantitative estimate of drug-likeness (QED) is 0.914. The van der Waals surface area contributed by atoms with E-state index in [2.05, 4.69) is 15.8 Å². The average molecular weight is 311 g/mol. The van der Waals surface area contributed by atoms with Gasteiger partial charge in [0.2, 0.25) is 5.91 Å². The van der Waals surface area contributed by atoms with E-state index in [0.717, 1.165) is 16.8 Å². The molecule has 3 rings (SSSR count). The van der Waals surface area contributed by atoms with Crippen LogP contribution in [-0.2, 0) is 4.79 Å². The van der Waals surface area contributed by atoms with Gasteiger partial charge in [-0.2, -0.15) is 5.10 Å². The minimum absolute atomic E-state index is 0.0648. The van der Waals surface area contributed by atoms with Crippen LogP contribution in [0.15, 0.2) is 46.1 Å². The molecule has 118 valence electrons. The van der Waals surface area contributed by atoms with E-state index in [1.807, 2.05) is 26.0 Å². The summed E-state index contributed by atoms with van der Waals surface area (Å²) in [6.07, 6.45) is 1.92. The Bertz CT molecular complexity index is 775. The highest BCUT2D eigenvalue weighted by Crippen LogP contribution is 2.19. The van der Waals surface area contributed by atoms with Gasteiger partial charge in [-0.05, 0) is 30.7 Å². The number of amides is 2. The Morgan fingerprint density at radius 2 is 2.04 bits per heavy atom. The molecule has 6 nitrogen and oxygen atoms in total. The molecule has 2 amide bonds. The second-order valence-electron chi connectivity index (χ2n) is 5.60. The van der Waals surface area contributed by atoms with Crippen molar-refractivity contribution in [2.45, 2.75) is 20.3 Å². The summed E-state index contributed by atoms with van der Waals surface area (Å²) in [5.74, 6) is 0.0202. The minimum Gasteiger partial charge on any atom is -0.459 e. The van der Waals surface area contributed by atoms with Crippen LogP contribution in [0.3, 0.4) is 0 Å². The Morgan fingerprint density at radius 3 is 2.65 bits per heavy atom. The van der Waals surface area contributed by atoms with Crippen molar-refractivity contribution in [3.05, 3.63) is 53.5 Å². The lowest BCUT2D eigenvalue weighted by Gasteiger charge is -2.19. The topological polar surface area (TPSA) is 83.7 Å². The molecular formula is C17H17N3O3. The van der Waals surface area contributed by atoms with Gasteiger partial charge < -0.3 is 9.73 Å². The summed E-state index contributed by atoms with van der Waals surface area (Å²) < 4.78 is 5.17. The fraction of sp³-hybridized carbons (Fsp3) is 0.235. The predicted molar refractivity (Wildman–Crippen MR) is 86.3 cm³/mol. The number of rotatable bonds is 3. The van der Waals surface area contributed by atoms with Crippen molar-refractivity contribution in [2.75, 3.05) is 5.32 Å². The molecule has 2 heterocycles. The van der Waals surface area contributed by atoms with Crippen molar-refractivity contribution in [3.63, 3.8) is 0 Å². The molecule has 0 saturated carbocycles. The summed E-state index contributed by atoms with van der Waals surface area (Å²) in [7, 11) is 0. The van der Waals surface area contributed by atoms with Crippen molar-refractivity contribution in [1.82, 2.24) is 5.43 Å². The number of carbonyl (C=O) groups excluding carboxylic acids is 2. The van der Waals surface area contributed by atoms with Crippen molar-refractivity contribution >= 4 is 23.2 Å². The molecule has 1 unspecified atom stereocenters. The Hall–Kier alpha value is -2.89. The molecule has 23 heavy (non-hydrogen) atoms. The lowest BCUT2D eigenvalue weighted by atomic mass is 9.94. The van der Waals surface area contributed by atoms with E-state index in [-0.39, 0.29) is 17.7 Å². The number of hydrazone groups is 1. The van der Waals surface area contributed by atoms with E-state index in [0.29, 0.717) is 17.9 Å². The SMILES string of the molecule is Cc1ccoc1C(=O)Nc1ccc(C2=NNC(=O)CC2C)cc1. The van der Waals surface area contributed by atoms with Crippen LogP contribution in [0.25, 0.3) is 0 Å². The molecule has 0 fully saturated rings. The van der Waals surface area contributed by atoms with Crippen molar-refractivity contribution in [3.8, 4) is 0 Å². The number of nitrogens with zero attached hydrogens (tertiary/aromatic N) is 1. The summed E-state index contributed by atoms with van der Waals surface area (Å²) >= 11 is 0. The number of furan rings is 1. The molecule has 0 saturated heterocycles. The number of benzene rings is 1. The maximum Gasteiger partial charge on any atom is 0.291 e. The molecule has 0 spiro atoms. The van der Waals surface area contributed by atoms with Gasteiger partial charge in [0.05, 0.1) is 12.0 Å². The molecule has 0 aliphatic carbocycles. The largest absolute Gasteiger partial charge is 0.459 e. The normalized spacial score (nSPS) is 17.4. The maximum absolute atomic E-state index is 12.1. The molecule has 2 aromatic rings. The molecule has 1 aliphatic heterocycles. The number of nitrogens with one attached hydrogen (secondary N) is 2. The third-order valence-electron chi connectivity index (χ3n) is 3.77. The van der Waals surface area contributed by atoms with E-state index in [9.17, 15) is 9.59 Å². The van der Waals surface area contributed by atoms with Crippen molar-refractivity contribution in [2.24, 2.45) is 11.0 Å². The summed E-state index contributed by atoms with van der Waals surface area (Å²) in [4.78, 5) is 23.4. The molecular weight excluding hydrogens is 294 g/mol. The zero-order chi connectivity index (χ0) is 16.4. The number of carbonyl (C=O) groups is 2. The smallest absolute Gasteiger partial charge is 0.291 e. The average Bonchev–Trinajstić information content (AvgIpc) is 2.95. The Morgan fingerprint density at radius 1 is 1.30 bits per heavy atom. The third kappa shape index (κ3) is 3.15. The first-order valence-electron chi connectivity index (χ1n) is 7.37. The first kappa shape index (κ1) is 15.0. The van der Waals surface area contributed by atoms with Crippen LogP contribution in [0.2, 0.25) is 0 Å². The van der Waals surface area contributed by atoms with Gasteiger partial charge in [0.15, 0.2) is 5.76 Å². The second kappa shape index (κ2) is 6.08. The summed E-state index contributed by atoms with van der Waals surface area (Å²) in [5, 5.41) is 6.91. The van der Waals surface area contributed by atoms with Crippen LogP contribution in [0.5, 0.6) is 0 Å². The Labute approximate surface area is 133 Å². The van der Waals surface area contributed by atoms with Gasteiger partial charge in [-0.25, -0.2) is 5.43 Å². The third-order valence-corrected chi connectivity index (χ3v) is 3.77. The number of aryl methyl sites for hydroxylation is 1. The summed E-state index contributed by atoms with van der Waals surface area (Å²) in [6.45, 7) is 3.78. The van der Waals surface area contributed by atoms with Gasteiger partial charge in [0, 0.05) is 23.6 Å². The van der Waals surface area contributed by atoms with E-state index in [1.54, 1.807) is 18.2 Å². The second-order valence-corrected chi connectivity index (χ2v) is 5.60. The number of hydrogen-bond acceptors (Lipinski definition) is 4. The van der Waals surface area contributed by atoms with Gasteiger partial charge in [-0.3, -0.25) is 9.59 Å². The molecule has 0 radical (unpaired) electrons. The Kier molecular flexibility index (Phi) is 3.97. The molecule has 1 aliphatic rings. The van der Waals surface area contributed by atoms with Gasteiger partial charge in [-0.15, -0.1) is 0 Å². The monoisotopic (exact) mass is 311 g/mol. The number of hydrogen-bond donors (Lipinski definition) is 2. The summed E-state index contributed by atoms with van der Waals surface area (Å²) in [5.41, 5.74) is 5.72. The van der Waals surface area contributed by atoms with Crippen molar-refractivity contribution < 1.29 is 14.0 Å². The van der Waals surface area contributed by atoms with Crippen LogP contribution < -0.4 is 10.7 Å². The van der Waals surface area contributed by atoms with Gasteiger partial charge in [0.25, 0.3) is 5.91 Å². The molecule has 0 bridgehead atoms. The maximum atomic E-state index is 12.1.